The number of hydrogen-bond acceptors (Lipinski definition) is 4. The predicted octanol–water partition coefficient (Wildman–Crippen LogP) is 1.96. The van der Waals surface area contributed by atoms with Crippen LogP contribution in [0.5, 0.6) is 0 Å². The van der Waals surface area contributed by atoms with Crippen molar-refractivity contribution in [2.45, 2.75) is 19.6 Å². The highest BCUT2D eigenvalue weighted by Gasteiger charge is 2.09. The Morgan fingerprint density at radius 2 is 1.75 bits per heavy atom. The smallest absolute Gasteiger partial charge is 0.275 e. The number of hydrogen-bond donors (Lipinski definition) is 1. The molecule has 0 saturated heterocycles. The molecule has 0 radical (unpaired) electrons. The van der Waals surface area contributed by atoms with Crippen molar-refractivity contribution in [3.63, 3.8) is 0 Å². The van der Waals surface area contributed by atoms with E-state index in [9.17, 15) is 9.59 Å². The summed E-state index contributed by atoms with van der Waals surface area (Å²) >= 11 is 0. The van der Waals surface area contributed by atoms with E-state index in [0.29, 0.717) is 18.5 Å². The zero-order valence-corrected chi connectivity index (χ0v) is 15.2. The van der Waals surface area contributed by atoms with Crippen molar-refractivity contribution in [2.75, 3.05) is 0 Å². The molecule has 0 fully saturated rings. The van der Waals surface area contributed by atoms with Crippen molar-refractivity contribution in [2.24, 2.45) is 0 Å². The molecule has 0 atom stereocenters. The number of amides is 1. The van der Waals surface area contributed by atoms with Crippen molar-refractivity contribution in [1.29, 1.82) is 0 Å². The third-order valence-corrected chi connectivity index (χ3v) is 4.54. The van der Waals surface area contributed by atoms with Crippen LogP contribution in [0.4, 0.5) is 0 Å². The van der Waals surface area contributed by atoms with E-state index < -0.39 is 0 Å². The summed E-state index contributed by atoms with van der Waals surface area (Å²) in [7, 11) is 0. The van der Waals surface area contributed by atoms with Crippen LogP contribution in [0.15, 0.2) is 78.0 Å². The molecular weight excluding hydrogens is 354 g/mol. The molecule has 0 bridgehead atoms. The Morgan fingerprint density at radius 1 is 0.964 bits per heavy atom. The van der Waals surface area contributed by atoms with Gasteiger partial charge in [0.25, 0.3) is 5.56 Å². The van der Waals surface area contributed by atoms with Crippen LogP contribution in [0.2, 0.25) is 0 Å². The summed E-state index contributed by atoms with van der Waals surface area (Å²) in [6, 6.07) is 17.0. The maximum Gasteiger partial charge on any atom is 0.275 e. The third kappa shape index (κ3) is 3.83. The lowest BCUT2D eigenvalue weighted by Gasteiger charge is -2.11. The number of rotatable bonds is 6. The average Bonchev–Trinajstić information content (AvgIpc) is 3.23. The molecule has 2 heterocycles. The molecule has 0 spiro atoms. The highest BCUT2D eigenvalue weighted by molar-refractivity contribution is 5.81. The van der Waals surface area contributed by atoms with Crippen LogP contribution >= 0.6 is 0 Å². The molecule has 4 aromatic rings. The van der Waals surface area contributed by atoms with E-state index in [0.717, 1.165) is 16.5 Å². The molecule has 1 N–H and O–H groups in total. The predicted molar refractivity (Wildman–Crippen MR) is 106 cm³/mol. The van der Waals surface area contributed by atoms with Crippen LogP contribution in [-0.2, 0) is 24.4 Å². The van der Waals surface area contributed by atoms with Gasteiger partial charge in [0.1, 0.15) is 6.54 Å². The van der Waals surface area contributed by atoms with Gasteiger partial charge in [-0.3, -0.25) is 14.3 Å². The summed E-state index contributed by atoms with van der Waals surface area (Å²) in [5.41, 5.74) is 1.81. The Labute approximate surface area is 161 Å². The fraction of sp³-hybridized carbons (Fsp3) is 0.143. The number of nitrogens with zero attached hydrogens (tertiary/aromatic N) is 4. The second-order valence-electron chi connectivity index (χ2n) is 6.44. The van der Waals surface area contributed by atoms with Crippen LogP contribution < -0.4 is 10.9 Å². The molecule has 0 aliphatic rings. The Morgan fingerprint density at radius 3 is 2.57 bits per heavy atom. The lowest BCUT2D eigenvalue weighted by molar-refractivity contribution is -0.122. The normalized spacial score (nSPS) is 10.9. The second-order valence-corrected chi connectivity index (χ2v) is 6.44. The molecule has 7 heteroatoms. The van der Waals surface area contributed by atoms with E-state index in [4.69, 9.17) is 0 Å². The molecule has 0 aliphatic heterocycles. The minimum atomic E-state index is -0.271. The van der Waals surface area contributed by atoms with Crippen LogP contribution in [0.1, 0.15) is 11.1 Å². The van der Waals surface area contributed by atoms with Crippen LogP contribution in [0.25, 0.3) is 10.8 Å². The summed E-state index contributed by atoms with van der Waals surface area (Å²) < 4.78 is 3.02. The monoisotopic (exact) mass is 373 g/mol. The topological polar surface area (TPSA) is 81.8 Å². The summed E-state index contributed by atoms with van der Waals surface area (Å²) in [6.45, 7) is 0.883. The SMILES string of the molecule is O=C(Cn1ncc2ccccc2c1=O)NCc1ccccc1Cn1cccn1. The fourth-order valence-electron chi connectivity index (χ4n) is 3.08. The van der Waals surface area contributed by atoms with Crippen LogP contribution in [-0.4, -0.2) is 25.5 Å². The molecule has 1 amide bonds. The summed E-state index contributed by atoms with van der Waals surface area (Å²) in [5.74, 6) is -0.265. The van der Waals surface area contributed by atoms with Gasteiger partial charge in [0.2, 0.25) is 5.91 Å². The van der Waals surface area contributed by atoms with Crippen molar-refractivity contribution in [1.82, 2.24) is 24.9 Å². The lowest BCUT2D eigenvalue weighted by atomic mass is 10.1. The molecule has 4 rings (SSSR count). The zero-order valence-electron chi connectivity index (χ0n) is 15.2. The van der Waals surface area contributed by atoms with E-state index in [-0.39, 0.29) is 18.0 Å². The van der Waals surface area contributed by atoms with Gasteiger partial charge in [-0.25, -0.2) is 4.68 Å². The molecule has 140 valence electrons. The van der Waals surface area contributed by atoms with Gasteiger partial charge >= 0.3 is 0 Å². The van der Waals surface area contributed by atoms with Gasteiger partial charge in [-0.1, -0.05) is 42.5 Å². The molecule has 2 aromatic heterocycles. The van der Waals surface area contributed by atoms with E-state index in [1.165, 1.54) is 4.68 Å². The number of carbonyl (C=O) groups excluding carboxylic acids is 1. The molecule has 0 saturated carbocycles. The highest BCUT2D eigenvalue weighted by atomic mass is 16.2. The Kier molecular flexibility index (Phi) is 4.97. The van der Waals surface area contributed by atoms with E-state index in [2.05, 4.69) is 15.5 Å². The van der Waals surface area contributed by atoms with E-state index in [1.807, 2.05) is 53.3 Å². The minimum Gasteiger partial charge on any atom is -0.350 e. The van der Waals surface area contributed by atoms with Crippen LogP contribution in [0, 0.1) is 0 Å². The number of carbonyl (C=O) groups is 1. The Balaban J connectivity index is 1.44. The summed E-state index contributed by atoms with van der Waals surface area (Å²) in [5, 5.41) is 12.5. The van der Waals surface area contributed by atoms with Gasteiger partial charge in [0.05, 0.1) is 18.1 Å². The first-order chi connectivity index (χ1) is 13.7. The zero-order chi connectivity index (χ0) is 19.3. The van der Waals surface area contributed by atoms with E-state index in [1.54, 1.807) is 24.5 Å². The van der Waals surface area contributed by atoms with Gasteiger partial charge < -0.3 is 5.32 Å². The van der Waals surface area contributed by atoms with E-state index >= 15 is 0 Å². The first-order valence-corrected chi connectivity index (χ1v) is 8.96. The molecule has 2 aromatic carbocycles. The van der Waals surface area contributed by atoms with Gasteiger partial charge in [-0.2, -0.15) is 10.2 Å². The van der Waals surface area contributed by atoms with Gasteiger partial charge in [-0.05, 0) is 23.3 Å². The maximum atomic E-state index is 12.5. The van der Waals surface area contributed by atoms with Crippen LogP contribution in [0.3, 0.4) is 0 Å². The van der Waals surface area contributed by atoms with Crippen molar-refractivity contribution >= 4 is 16.7 Å². The fourth-order valence-corrected chi connectivity index (χ4v) is 3.08. The maximum absolute atomic E-state index is 12.5. The largest absolute Gasteiger partial charge is 0.350 e. The summed E-state index contributed by atoms with van der Waals surface area (Å²) in [4.78, 5) is 24.9. The standard InChI is InChI=1S/C21H19N5O2/c27-20(15-26-21(28)19-9-4-3-7-17(19)13-24-26)22-12-16-6-1-2-8-18(16)14-25-11-5-10-23-25/h1-11,13H,12,14-15H2,(H,22,27). The first-order valence-electron chi connectivity index (χ1n) is 8.96. The average molecular weight is 373 g/mol. The van der Waals surface area contributed by atoms with Crippen molar-refractivity contribution in [3.8, 4) is 0 Å². The Hall–Kier alpha value is -3.74. The third-order valence-electron chi connectivity index (χ3n) is 4.54. The van der Waals surface area contributed by atoms with Gasteiger partial charge in [-0.15, -0.1) is 0 Å². The van der Waals surface area contributed by atoms with Crippen molar-refractivity contribution in [3.05, 3.63) is 94.7 Å². The Bertz CT molecular complexity index is 1160. The molecule has 28 heavy (non-hydrogen) atoms. The minimum absolute atomic E-state index is 0.120. The first kappa shape index (κ1) is 17.7. The quantitative estimate of drug-likeness (QED) is 0.560. The second kappa shape index (κ2) is 7.87. The lowest BCUT2D eigenvalue weighted by Crippen LogP contribution is -2.33. The molecular formula is C21H19N5O2. The molecule has 7 nitrogen and oxygen atoms in total. The number of aromatic nitrogens is 4. The van der Waals surface area contributed by atoms with Gasteiger partial charge in [0.15, 0.2) is 0 Å². The number of fused-ring (bicyclic) bond motifs is 1. The molecule has 0 aliphatic carbocycles. The number of benzene rings is 2. The van der Waals surface area contributed by atoms with Gasteiger partial charge in [0, 0.05) is 24.3 Å². The summed E-state index contributed by atoms with van der Waals surface area (Å²) in [6.07, 6.45) is 5.23. The highest BCUT2D eigenvalue weighted by Crippen LogP contribution is 2.10. The van der Waals surface area contributed by atoms with Crippen molar-refractivity contribution < 1.29 is 4.79 Å². The number of nitrogens with one attached hydrogen (secondary N) is 1. The molecule has 0 unspecified atom stereocenters.